The number of hydrogen-bond acceptors (Lipinski definition) is 4. The van der Waals surface area contributed by atoms with Crippen LogP contribution in [0.3, 0.4) is 0 Å². The lowest BCUT2D eigenvalue weighted by atomic mass is 10.1. The molecule has 1 rings (SSSR count). The van der Waals surface area contributed by atoms with Crippen LogP contribution in [0.1, 0.15) is 33.6 Å². The van der Waals surface area contributed by atoms with Gasteiger partial charge in [-0.15, -0.1) is 0 Å². The van der Waals surface area contributed by atoms with Crippen LogP contribution >= 0.6 is 0 Å². The van der Waals surface area contributed by atoms with E-state index in [1.807, 2.05) is 6.92 Å². The first kappa shape index (κ1) is 15.0. The fourth-order valence-corrected chi connectivity index (χ4v) is 1.86. The molecule has 18 heavy (non-hydrogen) atoms. The van der Waals surface area contributed by atoms with Gasteiger partial charge in [-0.2, -0.15) is 0 Å². The Morgan fingerprint density at radius 3 is 2.67 bits per heavy atom. The van der Waals surface area contributed by atoms with E-state index in [0.29, 0.717) is 18.6 Å². The molecule has 0 amide bonds. The number of piperidine rings is 1. The summed E-state index contributed by atoms with van der Waals surface area (Å²) in [7, 11) is 0. The van der Waals surface area contributed by atoms with Gasteiger partial charge in [-0.25, -0.2) is 0 Å². The molecule has 0 aliphatic carbocycles. The number of oxime groups is 1. The van der Waals surface area contributed by atoms with Crippen molar-refractivity contribution in [2.24, 2.45) is 16.8 Å². The van der Waals surface area contributed by atoms with E-state index in [1.54, 1.807) is 0 Å². The van der Waals surface area contributed by atoms with Gasteiger partial charge in [0.05, 0.1) is 0 Å². The zero-order chi connectivity index (χ0) is 13.4. The molecule has 2 N–H and O–H groups in total. The Hall–Kier alpha value is -1.05. The van der Waals surface area contributed by atoms with Crippen LogP contribution in [-0.2, 0) is 4.84 Å². The van der Waals surface area contributed by atoms with Crippen molar-refractivity contribution in [2.75, 3.05) is 26.2 Å². The highest BCUT2D eigenvalue weighted by atomic mass is 16.6. The molecule has 4 nitrogen and oxygen atoms in total. The quantitative estimate of drug-likeness (QED) is 0.348. The van der Waals surface area contributed by atoms with Crippen molar-refractivity contribution in [3.8, 4) is 11.8 Å². The molecule has 0 atom stereocenters. The third-order valence-corrected chi connectivity index (χ3v) is 3.09. The predicted molar refractivity (Wildman–Crippen MR) is 75.3 cm³/mol. The minimum atomic E-state index is 0.311. The summed E-state index contributed by atoms with van der Waals surface area (Å²) in [5.41, 5.74) is 6.68. The summed E-state index contributed by atoms with van der Waals surface area (Å²) in [5, 5.41) is 4.10. The van der Waals surface area contributed by atoms with E-state index in [1.165, 1.54) is 0 Å². The fraction of sp³-hybridized carbons (Fsp3) is 0.786. The Morgan fingerprint density at radius 2 is 2.11 bits per heavy atom. The van der Waals surface area contributed by atoms with Crippen LogP contribution in [0.25, 0.3) is 0 Å². The Bertz CT molecular complexity index is 320. The first-order chi connectivity index (χ1) is 8.63. The molecule has 1 saturated heterocycles. The Morgan fingerprint density at radius 1 is 1.44 bits per heavy atom. The molecule has 0 unspecified atom stereocenters. The number of hydrogen-bond donors (Lipinski definition) is 1. The van der Waals surface area contributed by atoms with Gasteiger partial charge in [-0.05, 0) is 38.8 Å². The topological polar surface area (TPSA) is 50.8 Å². The minimum Gasteiger partial charge on any atom is -0.394 e. The molecular weight excluding hydrogens is 226 g/mol. The van der Waals surface area contributed by atoms with E-state index >= 15 is 0 Å². The second-order valence-corrected chi connectivity index (χ2v) is 5.02. The molecule has 1 heterocycles. The highest BCUT2D eigenvalue weighted by molar-refractivity contribution is 6.01. The van der Waals surface area contributed by atoms with E-state index < -0.39 is 0 Å². The smallest absolute Gasteiger partial charge is 0.132 e. The lowest BCUT2D eigenvalue weighted by Gasteiger charge is -2.29. The second kappa shape index (κ2) is 8.12. The molecule has 0 radical (unpaired) electrons. The third-order valence-electron chi connectivity index (χ3n) is 3.09. The molecular formula is C14H25N3O. The molecule has 0 aromatic rings. The van der Waals surface area contributed by atoms with E-state index in [0.717, 1.165) is 38.2 Å². The zero-order valence-corrected chi connectivity index (χ0v) is 11.8. The summed E-state index contributed by atoms with van der Waals surface area (Å²) in [5.74, 6) is 6.14. The van der Waals surface area contributed by atoms with Gasteiger partial charge in [0.1, 0.15) is 12.3 Å². The van der Waals surface area contributed by atoms with Gasteiger partial charge in [0, 0.05) is 18.5 Å². The van der Waals surface area contributed by atoms with E-state index in [9.17, 15) is 0 Å². The first-order valence-electron chi connectivity index (χ1n) is 6.74. The molecule has 1 fully saturated rings. The largest absolute Gasteiger partial charge is 0.394 e. The van der Waals surface area contributed by atoms with Crippen molar-refractivity contribution in [1.29, 1.82) is 0 Å². The maximum Gasteiger partial charge on any atom is 0.132 e. The van der Waals surface area contributed by atoms with E-state index in [4.69, 9.17) is 10.6 Å². The lowest BCUT2D eigenvalue weighted by Crippen LogP contribution is -2.40. The van der Waals surface area contributed by atoms with Gasteiger partial charge in [-0.3, -0.25) is 4.90 Å². The Kier molecular flexibility index (Phi) is 6.77. The number of nitrogens with zero attached hydrogens (tertiary/aromatic N) is 2. The summed E-state index contributed by atoms with van der Waals surface area (Å²) in [6.07, 6.45) is 2.17. The monoisotopic (exact) mass is 251 g/mol. The van der Waals surface area contributed by atoms with Crippen LogP contribution in [0.2, 0.25) is 0 Å². The molecule has 0 aromatic heterocycles. The van der Waals surface area contributed by atoms with Gasteiger partial charge in [0.2, 0.25) is 0 Å². The van der Waals surface area contributed by atoms with Gasteiger partial charge in [0.15, 0.2) is 0 Å². The third kappa shape index (κ3) is 5.52. The van der Waals surface area contributed by atoms with E-state index in [2.05, 4.69) is 35.7 Å². The van der Waals surface area contributed by atoms with Crippen LogP contribution in [0, 0.1) is 17.8 Å². The molecule has 0 aromatic carbocycles. The van der Waals surface area contributed by atoms with Crippen molar-refractivity contribution in [3.63, 3.8) is 0 Å². The number of nitrogens with two attached hydrogens (primary N) is 1. The van der Waals surface area contributed by atoms with Gasteiger partial charge < -0.3 is 10.6 Å². The van der Waals surface area contributed by atoms with Gasteiger partial charge >= 0.3 is 0 Å². The Labute approximate surface area is 111 Å². The number of likely N-dealkylation sites (tertiary alicyclic amines) is 1. The molecule has 0 spiro atoms. The van der Waals surface area contributed by atoms with Crippen LogP contribution in [0.4, 0.5) is 0 Å². The molecule has 1 aliphatic heterocycles. The van der Waals surface area contributed by atoms with Crippen molar-refractivity contribution in [2.45, 2.75) is 39.7 Å². The highest BCUT2D eigenvalue weighted by Crippen LogP contribution is 2.07. The molecule has 0 bridgehead atoms. The first-order valence-corrected chi connectivity index (χ1v) is 6.74. The minimum absolute atomic E-state index is 0.311. The normalized spacial score (nSPS) is 18.6. The van der Waals surface area contributed by atoms with Crippen molar-refractivity contribution < 1.29 is 4.84 Å². The summed E-state index contributed by atoms with van der Waals surface area (Å²) in [4.78, 5) is 7.73. The van der Waals surface area contributed by atoms with Gasteiger partial charge in [0.25, 0.3) is 0 Å². The van der Waals surface area contributed by atoms with E-state index in [-0.39, 0.29) is 0 Å². The Balaban J connectivity index is 2.24. The SMILES string of the molecule is CC#C/C(=N\OCCN1CCC(N)CC1)C(C)C. The fourth-order valence-electron chi connectivity index (χ4n) is 1.86. The summed E-state index contributed by atoms with van der Waals surface area (Å²) < 4.78 is 0. The summed E-state index contributed by atoms with van der Waals surface area (Å²) in [6, 6.07) is 0.382. The maximum atomic E-state index is 5.86. The lowest BCUT2D eigenvalue weighted by molar-refractivity contribution is 0.0992. The molecule has 4 heteroatoms. The maximum absolute atomic E-state index is 5.86. The summed E-state index contributed by atoms with van der Waals surface area (Å²) >= 11 is 0. The zero-order valence-electron chi connectivity index (χ0n) is 11.8. The number of rotatable bonds is 5. The molecule has 102 valence electrons. The van der Waals surface area contributed by atoms with Crippen molar-refractivity contribution >= 4 is 5.71 Å². The van der Waals surface area contributed by atoms with Crippen molar-refractivity contribution in [3.05, 3.63) is 0 Å². The molecule has 0 saturated carbocycles. The summed E-state index contributed by atoms with van der Waals surface area (Å²) in [6.45, 7) is 9.63. The second-order valence-electron chi connectivity index (χ2n) is 5.02. The van der Waals surface area contributed by atoms with Crippen LogP contribution in [-0.4, -0.2) is 42.9 Å². The average molecular weight is 251 g/mol. The predicted octanol–water partition coefficient (Wildman–Crippen LogP) is 1.46. The standard InChI is InChI=1S/C14H25N3O/c1-4-5-14(12(2)3)16-18-11-10-17-8-6-13(15)7-9-17/h12-13H,6-11,15H2,1-3H3/b16-14+. The molecule has 1 aliphatic rings. The van der Waals surface area contributed by atoms with Crippen LogP contribution in [0.5, 0.6) is 0 Å². The van der Waals surface area contributed by atoms with Crippen LogP contribution < -0.4 is 5.73 Å². The van der Waals surface area contributed by atoms with Crippen LogP contribution in [0.15, 0.2) is 5.16 Å². The van der Waals surface area contributed by atoms with Gasteiger partial charge in [-0.1, -0.05) is 24.9 Å². The average Bonchev–Trinajstić information content (AvgIpc) is 2.35. The van der Waals surface area contributed by atoms with Crippen molar-refractivity contribution in [1.82, 2.24) is 4.90 Å². The highest BCUT2D eigenvalue weighted by Gasteiger charge is 2.15.